The molecule has 154 valence electrons. The molecule has 29 heavy (non-hydrogen) atoms. The van der Waals surface area contributed by atoms with Crippen molar-refractivity contribution in [3.63, 3.8) is 0 Å². The maximum atomic E-state index is 12.5. The van der Waals surface area contributed by atoms with Crippen LogP contribution in [0.4, 0.5) is 0 Å². The Kier molecular flexibility index (Phi) is 6.38. The van der Waals surface area contributed by atoms with Gasteiger partial charge in [-0.1, -0.05) is 41.6 Å². The number of aromatic nitrogens is 2. The second-order valence-electron chi connectivity index (χ2n) is 6.69. The number of thioether (sulfide) groups is 1. The molecule has 0 spiro atoms. The number of hydrogen-bond acceptors (Lipinski definition) is 9. The van der Waals surface area contributed by atoms with E-state index in [2.05, 4.69) is 4.98 Å². The van der Waals surface area contributed by atoms with Gasteiger partial charge in [-0.3, -0.25) is 9.36 Å². The number of benzene rings is 1. The predicted octanol–water partition coefficient (Wildman–Crippen LogP) is -0.215. The van der Waals surface area contributed by atoms with Crippen LogP contribution in [-0.2, 0) is 4.74 Å². The highest BCUT2D eigenvalue weighted by Crippen LogP contribution is 2.35. The lowest BCUT2D eigenvalue weighted by molar-refractivity contribution is -0.253. The second-order valence-corrected chi connectivity index (χ2v) is 7.47. The van der Waals surface area contributed by atoms with Crippen LogP contribution in [-0.4, -0.2) is 67.3 Å². The first kappa shape index (κ1) is 21.4. The Morgan fingerprint density at radius 2 is 1.86 bits per heavy atom. The van der Waals surface area contributed by atoms with Crippen LogP contribution in [0, 0.1) is 18.3 Å². The van der Waals surface area contributed by atoms with E-state index in [9.17, 15) is 30.5 Å². The van der Waals surface area contributed by atoms with Crippen LogP contribution >= 0.6 is 11.8 Å². The van der Waals surface area contributed by atoms with E-state index < -0.39 is 42.8 Å². The Hall–Kier alpha value is -2.26. The molecule has 0 unspecified atom stereocenters. The monoisotopic (exact) mass is 419 g/mol. The number of aryl methyl sites for hydroxylation is 1. The molecule has 0 radical (unpaired) electrons. The zero-order valence-corrected chi connectivity index (χ0v) is 16.6. The Morgan fingerprint density at radius 1 is 1.21 bits per heavy atom. The Morgan fingerprint density at radius 3 is 2.41 bits per heavy atom. The lowest BCUT2D eigenvalue weighted by Crippen LogP contribution is -2.57. The number of aliphatic hydroxyl groups excluding tert-OH is 4. The summed E-state index contributed by atoms with van der Waals surface area (Å²) in [5.41, 5.74) is 0.671. The van der Waals surface area contributed by atoms with Crippen molar-refractivity contribution in [2.24, 2.45) is 0 Å². The van der Waals surface area contributed by atoms with Gasteiger partial charge in [0.15, 0.2) is 11.4 Å². The summed E-state index contributed by atoms with van der Waals surface area (Å²) in [4.78, 5) is 16.4. The normalized spacial score (nSPS) is 26.9. The first-order valence-electron chi connectivity index (χ1n) is 8.82. The highest BCUT2D eigenvalue weighted by atomic mass is 32.2. The summed E-state index contributed by atoms with van der Waals surface area (Å²) in [6, 6.07) is 8.91. The van der Waals surface area contributed by atoms with Gasteiger partial charge in [0.05, 0.1) is 12.3 Å². The van der Waals surface area contributed by atoms with E-state index in [0.29, 0.717) is 5.56 Å². The fraction of sp³-hybridized carbons (Fsp3) is 0.421. The van der Waals surface area contributed by atoms with Crippen molar-refractivity contribution in [3.8, 4) is 17.3 Å². The van der Waals surface area contributed by atoms with Crippen molar-refractivity contribution in [2.75, 3.05) is 12.9 Å². The molecule has 0 saturated carbocycles. The molecule has 3 rings (SSSR count). The molecule has 1 fully saturated rings. The average Bonchev–Trinajstić information content (AvgIpc) is 2.72. The van der Waals surface area contributed by atoms with Crippen molar-refractivity contribution >= 4 is 11.8 Å². The fourth-order valence-corrected chi connectivity index (χ4v) is 3.85. The van der Waals surface area contributed by atoms with Crippen LogP contribution in [0.3, 0.4) is 0 Å². The Balaban J connectivity index is 2.31. The standard InChI is InChI=1S/C19H21N3O6S/c1-9-3-5-10(6-4-9)13-11(7-20)17(27)21-19(29-2)22(13)18-16(26)15(25)14(24)12(8-23)28-18/h3-6,12,14-16,18,23-26H,8H2,1-2H3/t12-,14-,15+,16-,18-/m1/s1. The first-order valence-corrected chi connectivity index (χ1v) is 10.0. The minimum Gasteiger partial charge on any atom is -0.394 e. The number of nitrogens with zero attached hydrogens (tertiary/aromatic N) is 3. The van der Waals surface area contributed by atoms with E-state index >= 15 is 0 Å². The van der Waals surface area contributed by atoms with Gasteiger partial charge in [0.2, 0.25) is 0 Å². The van der Waals surface area contributed by atoms with E-state index in [1.54, 1.807) is 30.5 Å². The third-order valence-electron chi connectivity index (χ3n) is 4.84. The molecule has 2 aromatic rings. The summed E-state index contributed by atoms with van der Waals surface area (Å²) < 4.78 is 7.03. The summed E-state index contributed by atoms with van der Waals surface area (Å²) in [5.74, 6) is 0. The van der Waals surface area contributed by atoms with E-state index in [1.807, 2.05) is 13.0 Å². The molecule has 0 amide bonds. The van der Waals surface area contributed by atoms with Gasteiger partial charge in [0.25, 0.3) is 5.56 Å². The average molecular weight is 419 g/mol. The third kappa shape index (κ3) is 3.81. The molecule has 9 nitrogen and oxygen atoms in total. The van der Waals surface area contributed by atoms with Gasteiger partial charge in [0, 0.05) is 0 Å². The van der Waals surface area contributed by atoms with Crippen molar-refractivity contribution in [2.45, 2.75) is 42.7 Å². The minimum atomic E-state index is -1.61. The minimum absolute atomic E-state index is 0.147. The Labute approximate surface area is 170 Å². The molecule has 2 heterocycles. The highest BCUT2D eigenvalue weighted by molar-refractivity contribution is 7.98. The lowest BCUT2D eigenvalue weighted by Gasteiger charge is -2.42. The molecule has 1 saturated heterocycles. The van der Waals surface area contributed by atoms with E-state index in [0.717, 1.165) is 17.3 Å². The summed E-state index contributed by atoms with van der Waals surface area (Å²) in [7, 11) is 0. The van der Waals surface area contributed by atoms with Gasteiger partial charge in [-0.2, -0.15) is 10.2 Å². The summed E-state index contributed by atoms with van der Waals surface area (Å²) in [5, 5.41) is 50.2. The molecule has 1 aromatic heterocycles. The number of nitriles is 1. The van der Waals surface area contributed by atoms with Crippen LogP contribution in [0.5, 0.6) is 0 Å². The van der Waals surface area contributed by atoms with E-state index in [1.165, 1.54) is 4.57 Å². The van der Waals surface area contributed by atoms with Gasteiger partial charge < -0.3 is 25.2 Å². The highest BCUT2D eigenvalue weighted by Gasteiger charge is 2.45. The van der Waals surface area contributed by atoms with Gasteiger partial charge in [-0.25, -0.2) is 0 Å². The second kappa shape index (κ2) is 8.62. The zero-order chi connectivity index (χ0) is 21.3. The van der Waals surface area contributed by atoms with Crippen molar-refractivity contribution in [3.05, 3.63) is 45.7 Å². The van der Waals surface area contributed by atoms with Gasteiger partial charge in [-0.05, 0) is 18.7 Å². The molecule has 1 aliphatic rings. The number of rotatable bonds is 4. The van der Waals surface area contributed by atoms with Gasteiger partial charge in [0.1, 0.15) is 36.0 Å². The van der Waals surface area contributed by atoms with E-state index in [4.69, 9.17) is 4.74 Å². The topological polar surface area (TPSA) is 149 Å². The number of ether oxygens (including phenoxy) is 1. The van der Waals surface area contributed by atoms with Crippen molar-refractivity contribution in [1.29, 1.82) is 5.26 Å². The van der Waals surface area contributed by atoms with Crippen LogP contribution in [0.25, 0.3) is 11.3 Å². The maximum Gasteiger partial charge on any atom is 0.292 e. The molecule has 0 aliphatic carbocycles. The summed E-state index contributed by atoms with van der Waals surface area (Å²) in [6.45, 7) is 1.29. The SMILES string of the molecule is CSc1nc(=O)c(C#N)c(-c2ccc(C)cc2)n1[C@@H]1O[C@H](CO)[C@@H](O)[C@H](O)[C@H]1O. The Bertz CT molecular complexity index is 985. The molecule has 1 aromatic carbocycles. The fourth-order valence-electron chi connectivity index (χ4n) is 3.29. The first-order chi connectivity index (χ1) is 13.8. The maximum absolute atomic E-state index is 12.5. The van der Waals surface area contributed by atoms with E-state index in [-0.39, 0.29) is 16.4 Å². The molecular weight excluding hydrogens is 398 g/mol. The largest absolute Gasteiger partial charge is 0.394 e. The van der Waals surface area contributed by atoms with Crippen molar-refractivity contribution in [1.82, 2.24) is 9.55 Å². The molecule has 5 atom stereocenters. The molecular formula is C19H21N3O6S. The lowest BCUT2D eigenvalue weighted by atomic mass is 9.97. The zero-order valence-electron chi connectivity index (χ0n) is 15.8. The molecule has 10 heteroatoms. The molecule has 4 N–H and O–H groups in total. The summed E-state index contributed by atoms with van der Waals surface area (Å²) in [6.07, 6.45) is -5.54. The van der Waals surface area contributed by atoms with Crippen LogP contribution < -0.4 is 5.56 Å². The number of aliphatic hydroxyl groups is 4. The van der Waals surface area contributed by atoms with Crippen LogP contribution in [0.15, 0.2) is 34.2 Å². The quantitative estimate of drug-likeness (QED) is 0.390. The smallest absolute Gasteiger partial charge is 0.292 e. The van der Waals surface area contributed by atoms with Crippen molar-refractivity contribution < 1.29 is 25.2 Å². The van der Waals surface area contributed by atoms with Gasteiger partial charge in [-0.15, -0.1) is 0 Å². The van der Waals surface area contributed by atoms with Gasteiger partial charge >= 0.3 is 0 Å². The number of hydrogen-bond donors (Lipinski definition) is 4. The summed E-state index contributed by atoms with van der Waals surface area (Å²) >= 11 is 1.09. The van der Waals surface area contributed by atoms with Crippen LogP contribution in [0.2, 0.25) is 0 Å². The molecule has 0 bridgehead atoms. The van der Waals surface area contributed by atoms with Crippen LogP contribution in [0.1, 0.15) is 17.4 Å². The predicted molar refractivity (Wildman–Crippen MR) is 104 cm³/mol. The molecule has 1 aliphatic heterocycles. The third-order valence-corrected chi connectivity index (χ3v) is 5.49.